The number of carbonyl (C=O) groups excluding carboxylic acids is 1. The molecule has 10 heteroatoms. The van der Waals surface area contributed by atoms with Crippen molar-refractivity contribution in [2.75, 3.05) is 19.0 Å². The molecule has 2 heterocycles. The molecule has 0 aliphatic heterocycles. The van der Waals surface area contributed by atoms with Crippen molar-refractivity contribution in [1.29, 1.82) is 0 Å². The van der Waals surface area contributed by atoms with Gasteiger partial charge in [0.25, 0.3) is 5.56 Å². The van der Waals surface area contributed by atoms with Crippen LogP contribution in [0.15, 0.2) is 53.5 Å². The molecule has 0 unspecified atom stereocenters. The lowest BCUT2D eigenvalue weighted by Gasteiger charge is -2.25. The maximum absolute atomic E-state index is 15.4. The Labute approximate surface area is 245 Å². The molecule has 0 spiro atoms. The summed E-state index contributed by atoms with van der Waals surface area (Å²) in [4.78, 5) is 30.3. The van der Waals surface area contributed by atoms with Gasteiger partial charge in [0, 0.05) is 36.6 Å². The molecule has 224 valence electrons. The molecule has 0 fully saturated rings. The van der Waals surface area contributed by atoms with Gasteiger partial charge in [-0.3, -0.25) is 4.79 Å². The van der Waals surface area contributed by atoms with Crippen LogP contribution in [0, 0.1) is 11.7 Å². The first kappa shape index (κ1) is 30.6. The number of rotatable bonds is 10. The molecule has 0 aliphatic rings. The molecule has 0 aliphatic carbocycles. The van der Waals surface area contributed by atoms with Gasteiger partial charge >= 0.3 is 6.09 Å². The summed E-state index contributed by atoms with van der Waals surface area (Å²) in [6.45, 7) is 9.88. The Morgan fingerprint density at radius 3 is 2.45 bits per heavy atom. The minimum Gasteiger partial charge on any atom is -0.497 e. The van der Waals surface area contributed by atoms with Crippen LogP contribution in [0.1, 0.15) is 46.6 Å². The molecule has 0 saturated heterocycles. The Morgan fingerprint density at radius 1 is 1.10 bits per heavy atom. The average Bonchev–Trinajstić information content (AvgIpc) is 2.92. The van der Waals surface area contributed by atoms with Gasteiger partial charge in [-0.2, -0.15) is 0 Å². The summed E-state index contributed by atoms with van der Waals surface area (Å²) in [5, 5.41) is 7.58. The number of pyridine rings is 2. The fraction of sp³-hybridized carbons (Fsp3) is 0.406. The number of amides is 1. The van der Waals surface area contributed by atoms with Gasteiger partial charge in [-0.1, -0.05) is 26.0 Å². The number of methoxy groups -OCH3 is 1. The smallest absolute Gasteiger partial charge is 0.407 e. The lowest BCUT2D eigenvalue weighted by Crippen LogP contribution is -2.42. The monoisotopic (exact) mass is 578 g/mol. The summed E-state index contributed by atoms with van der Waals surface area (Å²) in [6.07, 6.45) is 1.64. The van der Waals surface area contributed by atoms with Crippen molar-refractivity contribution in [1.82, 2.24) is 14.9 Å². The highest BCUT2D eigenvalue weighted by Gasteiger charge is 2.22. The maximum atomic E-state index is 15.4. The van der Waals surface area contributed by atoms with E-state index in [1.165, 1.54) is 16.7 Å². The minimum absolute atomic E-state index is 0.0106. The van der Waals surface area contributed by atoms with E-state index < -0.39 is 23.6 Å². The van der Waals surface area contributed by atoms with Gasteiger partial charge in [-0.25, -0.2) is 14.2 Å². The van der Waals surface area contributed by atoms with Crippen molar-refractivity contribution in [3.8, 4) is 11.5 Å². The number of halogens is 1. The van der Waals surface area contributed by atoms with Crippen molar-refractivity contribution in [2.45, 2.75) is 59.2 Å². The molecule has 1 atom stereocenters. The summed E-state index contributed by atoms with van der Waals surface area (Å²) in [5.74, 6) is 0.832. The van der Waals surface area contributed by atoms with Gasteiger partial charge in [-0.05, 0) is 62.9 Å². The molecule has 0 bridgehead atoms. The third kappa shape index (κ3) is 7.29. The van der Waals surface area contributed by atoms with Gasteiger partial charge in [0.2, 0.25) is 0 Å². The van der Waals surface area contributed by atoms with E-state index in [-0.39, 0.29) is 23.8 Å². The normalized spacial score (nSPS) is 12.4. The van der Waals surface area contributed by atoms with Crippen LogP contribution in [0.25, 0.3) is 21.7 Å². The summed E-state index contributed by atoms with van der Waals surface area (Å²) >= 11 is 0. The van der Waals surface area contributed by atoms with E-state index in [2.05, 4.69) is 15.6 Å². The first-order valence-electron chi connectivity index (χ1n) is 14.0. The lowest BCUT2D eigenvalue weighted by atomic mass is 10.0. The second-order valence-electron chi connectivity index (χ2n) is 11.7. The number of nitrogens with one attached hydrogen (secondary N) is 2. The van der Waals surface area contributed by atoms with Gasteiger partial charge in [0.1, 0.15) is 23.8 Å². The third-order valence-corrected chi connectivity index (χ3v) is 6.71. The van der Waals surface area contributed by atoms with Gasteiger partial charge < -0.3 is 29.4 Å². The molecule has 1 amide bonds. The highest BCUT2D eigenvalue weighted by Crippen LogP contribution is 2.31. The van der Waals surface area contributed by atoms with Crippen LogP contribution in [0.3, 0.4) is 0 Å². The minimum atomic E-state index is -0.647. The topological polar surface area (TPSA) is 104 Å². The zero-order valence-corrected chi connectivity index (χ0v) is 25.2. The largest absolute Gasteiger partial charge is 0.497 e. The first-order valence-corrected chi connectivity index (χ1v) is 14.0. The highest BCUT2D eigenvalue weighted by molar-refractivity contribution is 6.09. The molecular weight excluding hydrogens is 539 g/mol. The number of ether oxygens (including phenoxy) is 3. The van der Waals surface area contributed by atoms with Crippen molar-refractivity contribution >= 4 is 33.6 Å². The van der Waals surface area contributed by atoms with E-state index in [0.717, 1.165) is 11.3 Å². The number of anilines is 1. The van der Waals surface area contributed by atoms with Crippen LogP contribution in [0.2, 0.25) is 0 Å². The number of alkyl carbamates (subject to hydrolysis) is 1. The predicted octanol–water partition coefficient (Wildman–Crippen LogP) is 6.16. The molecule has 2 N–H and O–H groups in total. The van der Waals surface area contributed by atoms with Crippen LogP contribution in [-0.4, -0.2) is 41.0 Å². The molecule has 4 rings (SSSR count). The number of carbonyl (C=O) groups is 1. The second kappa shape index (κ2) is 12.7. The molecule has 9 nitrogen and oxygen atoms in total. The van der Waals surface area contributed by atoms with Crippen molar-refractivity contribution in [3.63, 3.8) is 0 Å². The van der Waals surface area contributed by atoms with Gasteiger partial charge in [-0.15, -0.1) is 0 Å². The van der Waals surface area contributed by atoms with Crippen molar-refractivity contribution < 1.29 is 23.4 Å². The molecule has 2 aromatic carbocycles. The number of benzene rings is 2. The first-order chi connectivity index (χ1) is 19.9. The van der Waals surface area contributed by atoms with E-state index in [9.17, 15) is 9.59 Å². The fourth-order valence-electron chi connectivity index (χ4n) is 4.79. The van der Waals surface area contributed by atoms with E-state index in [1.807, 2.05) is 38.1 Å². The van der Waals surface area contributed by atoms with Gasteiger partial charge in [0.15, 0.2) is 11.6 Å². The van der Waals surface area contributed by atoms with Gasteiger partial charge in [0.05, 0.1) is 24.1 Å². The number of fused-ring (bicyclic) bond motifs is 3. The Balaban J connectivity index is 1.62. The second-order valence-corrected chi connectivity index (χ2v) is 11.7. The highest BCUT2D eigenvalue weighted by atomic mass is 19.1. The quantitative estimate of drug-likeness (QED) is 0.217. The number of aromatic nitrogens is 2. The zero-order valence-electron chi connectivity index (χ0n) is 25.2. The summed E-state index contributed by atoms with van der Waals surface area (Å²) in [6, 6.07) is 11.8. The van der Waals surface area contributed by atoms with Crippen LogP contribution >= 0.6 is 0 Å². The molecule has 2 aromatic heterocycles. The van der Waals surface area contributed by atoms with E-state index in [4.69, 9.17) is 14.2 Å². The fourth-order valence-corrected chi connectivity index (χ4v) is 4.79. The Hall–Kier alpha value is -4.34. The van der Waals surface area contributed by atoms with Crippen LogP contribution in [0.4, 0.5) is 15.0 Å². The molecule has 0 radical (unpaired) electrons. The standard InChI is InChI=1S/C32H39FN4O5/c1-19(2)14-21(36-31(39)42-32(3,4)5)18-41-27-16-26-24(15-25(27)33)23-12-13-34-29(28(23)30(38)37(26)6)35-17-20-8-10-22(40-7)11-9-20/h8-13,15-16,19,21H,14,17-18H2,1-7H3,(H,34,35)(H,36,39)/t21-/m0/s1. The third-order valence-electron chi connectivity index (χ3n) is 6.71. The molecule has 0 saturated carbocycles. The molecule has 42 heavy (non-hydrogen) atoms. The predicted molar refractivity (Wildman–Crippen MR) is 163 cm³/mol. The average molecular weight is 579 g/mol. The number of nitrogens with zero attached hydrogens (tertiary/aromatic N) is 2. The Kier molecular flexibility index (Phi) is 9.23. The zero-order chi connectivity index (χ0) is 30.6. The van der Waals surface area contributed by atoms with Crippen molar-refractivity contribution in [2.24, 2.45) is 13.0 Å². The molecular formula is C32H39FN4O5. The number of aryl methyl sites for hydroxylation is 1. The number of hydrogen-bond donors (Lipinski definition) is 2. The lowest BCUT2D eigenvalue weighted by molar-refractivity contribution is 0.0479. The molecule has 4 aromatic rings. The van der Waals surface area contributed by atoms with E-state index in [1.54, 1.807) is 47.2 Å². The SMILES string of the molecule is COc1ccc(CNc2nccc3c2c(=O)n(C)c2cc(OC[C@H](CC(C)C)NC(=O)OC(C)(C)C)c(F)cc32)cc1. The number of hydrogen-bond acceptors (Lipinski definition) is 7. The van der Waals surface area contributed by atoms with Crippen LogP contribution < -0.4 is 25.7 Å². The van der Waals surface area contributed by atoms with Crippen LogP contribution in [-0.2, 0) is 18.3 Å². The Bertz CT molecular complexity index is 1630. The van der Waals surface area contributed by atoms with Crippen molar-refractivity contribution in [3.05, 3.63) is 70.4 Å². The summed E-state index contributed by atoms with van der Waals surface area (Å²) in [7, 11) is 3.25. The van der Waals surface area contributed by atoms with Crippen LogP contribution in [0.5, 0.6) is 11.5 Å². The van der Waals surface area contributed by atoms with E-state index >= 15 is 4.39 Å². The maximum Gasteiger partial charge on any atom is 0.407 e. The Morgan fingerprint density at radius 2 is 1.81 bits per heavy atom. The van der Waals surface area contributed by atoms with E-state index in [0.29, 0.717) is 40.5 Å². The summed E-state index contributed by atoms with van der Waals surface area (Å²) < 4.78 is 33.4. The summed E-state index contributed by atoms with van der Waals surface area (Å²) in [5.41, 5.74) is 0.574.